The van der Waals surface area contributed by atoms with Gasteiger partial charge in [0, 0.05) is 5.33 Å². The summed E-state index contributed by atoms with van der Waals surface area (Å²) < 4.78 is 43.2. The summed E-state index contributed by atoms with van der Waals surface area (Å²) in [7, 11) is 0. The number of alkyl halides is 4. The predicted molar refractivity (Wildman–Crippen MR) is 85.4 cm³/mol. The van der Waals surface area contributed by atoms with Crippen molar-refractivity contribution in [3.8, 4) is 16.9 Å². The quantitative estimate of drug-likeness (QED) is 0.451. The lowest BCUT2D eigenvalue weighted by Gasteiger charge is -2.09. The minimum absolute atomic E-state index is 0.636. The van der Waals surface area contributed by atoms with Crippen molar-refractivity contribution in [2.45, 2.75) is 19.0 Å². The number of rotatable bonds is 6. The Morgan fingerprint density at radius 1 is 0.818 bits per heavy atom. The minimum atomic E-state index is -4.30. The first-order chi connectivity index (χ1) is 10.5. The maximum Gasteiger partial charge on any atom is 0.416 e. The molecule has 0 N–H and O–H groups in total. The molecule has 1 nitrogen and oxygen atoms in total. The monoisotopic (exact) mass is 372 g/mol. The fourth-order valence-corrected chi connectivity index (χ4v) is 2.38. The Morgan fingerprint density at radius 2 is 1.36 bits per heavy atom. The Morgan fingerprint density at radius 3 is 1.86 bits per heavy atom. The van der Waals surface area contributed by atoms with Crippen molar-refractivity contribution in [3.05, 3.63) is 54.1 Å². The van der Waals surface area contributed by atoms with Gasteiger partial charge in [-0.1, -0.05) is 40.2 Å². The molecule has 2 aromatic carbocycles. The third-order valence-electron chi connectivity index (χ3n) is 3.20. The van der Waals surface area contributed by atoms with Crippen LogP contribution in [0.5, 0.6) is 5.75 Å². The van der Waals surface area contributed by atoms with Crippen molar-refractivity contribution in [1.29, 1.82) is 0 Å². The van der Waals surface area contributed by atoms with Gasteiger partial charge in [-0.3, -0.25) is 0 Å². The highest BCUT2D eigenvalue weighted by Crippen LogP contribution is 2.31. The molecule has 0 amide bonds. The average Bonchev–Trinajstić information content (AvgIpc) is 2.51. The smallest absolute Gasteiger partial charge is 0.416 e. The molecule has 118 valence electrons. The molecule has 0 spiro atoms. The summed E-state index contributed by atoms with van der Waals surface area (Å²) in [5.74, 6) is 0.769. The molecule has 0 aliphatic carbocycles. The number of unbranched alkanes of at least 4 members (excludes halogenated alkanes) is 1. The molecule has 5 heteroatoms. The van der Waals surface area contributed by atoms with Crippen LogP contribution in [0.4, 0.5) is 13.2 Å². The number of ether oxygens (including phenoxy) is 1. The Bertz CT molecular complexity index is 576. The van der Waals surface area contributed by atoms with E-state index in [2.05, 4.69) is 15.9 Å². The Balaban J connectivity index is 2.01. The van der Waals surface area contributed by atoms with Crippen molar-refractivity contribution < 1.29 is 17.9 Å². The molecule has 0 bridgehead atoms. The third-order valence-corrected chi connectivity index (χ3v) is 3.76. The van der Waals surface area contributed by atoms with Crippen LogP contribution in [0.1, 0.15) is 18.4 Å². The fourth-order valence-electron chi connectivity index (χ4n) is 1.98. The van der Waals surface area contributed by atoms with Crippen LogP contribution < -0.4 is 4.74 Å². The van der Waals surface area contributed by atoms with Crippen LogP contribution in [0.2, 0.25) is 0 Å². The van der Waals surface area contributed by atoms with Crippen molar-refractivity contribution in [3.63, 3.8) is 0 Å². The lowest BCUT2D eigenvalue weighted by Crippen LogP contribution is -2.03. The summed E-state index contributed by atoms with van der Waals surface area (Å²) >= 11 is 3.36. The van der Waals surface area contributed by atoms with Crippen molar-refractivity contribution in [2.24, 2.45) is 0 Å². The molecule has 0 fully saturated rings. The molecule has 0 saturated heterocycles. The Hall–Kier alpha value is -1.49. The van der Waals surface area contributed by atoms with Gasteiger partial charge in [-0.25, -0.2) is 0 Å². The molecule has 0 aromatic heterocycles. The van der Waals surface area contributed by atoms with Crippen LogP contribution in [0.25, 0.3) is 11.1 Å². The lowest BCUT2D eigenvalue weighted by atomic mass is 10.0. The highest BCUT2D eigenvalue weighted by molar-refractivity contribution is 9.09. The van der Waals surface area contributed by atoms with Crippen LogP contribution in [-0.2, 0) is 6.18 Å². The molecule has 0 unspecified atom stereocenters. The summed E-state index contributed by atoms with van der Waals surface area (Å²) in [4.78, 5) is 0. The van der Waals surface area contributed by atoms with Gasteiger partial charge < -0.3 is 4.74 Å². The van der Waals surface area contributed by atoms with Gasteiger partial charge in [0.1, 0.15) is 5.75 Å². The number of halogens is 4. The van der Waals surface area contributed by atoms with E-state index in [0.29, 0.717) is 6.61 Å². The normalized spacial score (nSPS) is 11.5. The molecular formula is C17H16BrF3O. The van der Waals surface area contributed by atoms with Crippen LogP contribution >= 0.6 is 15.9 Å². The van der Waals surface area contributed by atoms with E-state index in [-0.39, 0.29) is 0 Å². The van der Waals surface area contributed by atoms with E-state index in [9.17, 15) is 13.2 Å². The van der Waals surface area contributed by atoms with E-state index < -0.39 is 11.7 Å². The molecule has 0 aliphatic rings. The standard InChI is InChI=1S/C17H16BrF3O/c18-11-1-2-12-22-16-9-5-14(6-10-16)13-3-7-15(8-4-13)17(19,20)21/h3-10H,1-2,11-12H2. The zero-order valence-corrected chi connectivity index (χ0v) is 13.5. The first-order valence-electron chi connectivity index (χ1n) is 6.97. The molecule has 2 aromatic rings. The average molecular weight is 373 g/mol. The van der Waals surface area contributed by atoms with E-state index in [4.69, 9.17) is 4.74 Å². The second kappa shape index (κ2) is 7.68. The SMILES string of the molecule is FC(F)(F)c1ccc(-c2ccc(OCCCCBr)cc2)cc1. The van der Waals surface area contributed by atoms with Crippen molar-refractivity contribution in [1.82, 2.24) is 0 Å². The molecular weight excluding hydrogens is 357 g/mol. The highest BCUT2D eigenvalue weighted by atomic mass is 79.9. The first kappa shape index (κ1) is 16.9. The van der Waals surface area contributed by atoms with E-state index in [1.54, 1.807) is 0 Å². The molecule has 0 radical (unpaired) electrons. The van der Waals surface area contributed by atoms with Gasteiger partial charge in [0.2, 0.25) is 0 Å². The Kier molecular flexibility index (Phi) is 5.89. The molecule has 0 heterocycles. The van der Waals surface area contributed by atoms with E-state index >= 15 is 0 Å². The maximum atomic E-state index is 12.5. The lowest BCUT2D eigenvalue weighted by molar-refractivity contribution is -0.137. The molecule has 22 heavy (non-hydrogen) atoms. The highest BCUT2D eigenvalue weighted by Gasteiger charge is 2.29. The topological polar surface area (TPSA) is 9.23 Å². The van der Waals surface area contributed by atoms with Gasteiger partial charge in [-0.15, -0.1) is 0 Å². The summed E-state index contributed by atoms with van der Waals surface area (Å²) in [5.41, 5.74) is 0.975. The second-order valence-corrected chi connectivity index (χ2v) is 5.64. The number of hydrogen-bond donors (Lipinski definition) is 0. The molecule has 2 rings (SSSR count). The fraction of sp³-hybridized carbons (Fsp3) is 0.294. The largest absolute Gasteiger partial charge is 0.494 e. The summed E-state index contributed by atoms with van der Waals surface area (Å²) in [6, 6.07) is 12.5. The number of hydrogen-bond acceptors (Lipinski definition) is 1. The summed E-state index contributed by atoms with van der Waals surface area (Å²) in [6.07, 6.45) is -2.26. The van der Waals surface area contributed by atoms with Gasteiger partial charge in [-0.2, -0.15) is 13.2 Å². The third kappa shape index (κ3) is 4.77. The van der Waals surface area contributed by atoms with Crippen LogP contribution in [-0.4, -0.2) is 11.9 Å². The second-order valence-electron chi connectivity index (χ2n) is 4.84. The van der Waals surface area contributed by atoms with Crippen molar-refractivity contribution in [2.75, 3.05) is 11.9 Å². The zero-order valence-electron chi connectivity index (χ0n) is 11.9. The molecule has 0 aliphatic heterocycles. The summed E-state index contributed by atoms with van der Waals surface area (Å²) in [6.45, 7) is 0.658. The van der Waals surface area contributed by atoms with E-state index in [1.807, 2.05) is 24.3 Å². The number of benzene rings is 2. The van der Waals surface area contributed by atoms with Crippen LogP contribution in [0, 0.1) is 0 Å². The predicted octanol–water partition coefficient (Wildman–Crippen LogP) is 5.93. The van der Waals surface area contributed by atoms with Gasteiger partial charge in [0.05, 0.1) is 12.2 Å². The van der Waals surface area contributed by atoms with Gasteiger partial charge in [0.15, 0.2) is 0 Å². The van der Waals surface area contributed by atoms with E-state index in [0.717, 1.165) is 47.2 Å². The van der Waals surface area contributed by atoms with Gasteiger partial charge >= 0.3 is 6.18 Å². The van der Waals surface area contributed by atoms with Gasteiger partial charge in [0.25, 0.3) is 0 Å². The first-order valence-corrected chi connectivity index (χ1v) is 8.09. The van der Waals surface area contributed by atoms with Gasteiger partial charge in [-0.05, 0) is 48.2 Å². The minimum Gasteiger partial charge on any atom is -0.494 e. The zero-order chi connectivity index (χ0) is 16.0. The molecule has 0 atom stereocenters. The van der Waals surface area contributed by atoms with Crippen LogP contribution in [0.15, 0.2) is 48.5 Å². The van der Waals surface area contributed by atoms with Crippen LogP contribution in [0.3, 0.4) is 0 Å². The summed E-state index contributed by atoms with van der Waals surface area (Å²) in [5, 5.41) is 0.962. The van der Waals surface area contributed by atoms with E-state index in [1.165, 1.54) is 12.1 Å². The molecule has 0 saturated carbocycles. The van der Waals surface area contributed by atoms with Crippen molar-refractivity contribution >= 4 is 15.9 Å². The maximum absolute atomic E-state index is 12.5. The Labute approximate surface area is 136 Å².